The van der Waals surface area contributed by atoms with Crippen molar-refractivity contribution in [1.82, 2.24) is 5.32 Å². The molecular weight excluding hydrogens is 258 g/mol. The standard InChI is InChI=1S/C15H21NO4/c1-9(2)13-6-5-12(7-10(13)3)20-8-14(17)16-11(4)15(18)19/h5-7,9,11H,8H2,1-4H3,(H,16,17)(H,18,19)/p-1/t11-/m0/s1. The van der Waals surface area contributed by atoms with E-state index in [2.05, 4.69) is 19.2 Å². The van der Waals surface area contributed by atoms with Gasteiger partial charge in [-0.15, -0.1) is 0 Å². The van der Waals surface area contributed by atoms with Gasteiger partial charge in [0.25, 0.3) is 5.91 Å². The van der Waals surface area contributed by atoms with Gasteiger partial charge in [-0.3, -0.25) is 4.79 Å². The van der Waals surface area contributed by atoms with Crippen LogP contribution in [0.15, 0.2) is 18.2 Å². The Bertz CT molecular complexity index is 497. The van der Waals surface area contributed by atoms with Crippen molar-refractivity contribution in [2.45, 2.75) is 39.7 Å². The molecule has 0 saturated carbocycles. The third kappa shape index (κ3) is 4.57. The molecular formula is C15H20NO4-. The Labute approximate surface area is 118 Å². The monoisotopic (exact) mass is 278 g/mol. The summed E-state index contributed by atoms with van der Waals surface area (Å²) in [4.78, 5) is 22.0. The summed E-state index contributed by atoms with van der Waals surface area (Å²) in [5, 5.41) is 12.8. The number of benzene rings is 1. The van der Waals surface area contributed by atoms with Gasteiger partial charge in [-0.25, -0.2) is 0 Å². The molecule has 20 heavy (non-hydrogen) atoms. The van der Waals surface area contributed by atoms with Crippen molar-refractivity contribution in [1.29, 1.82) is 0 Å². The zero-order valence-electron chi connectivity index (χ0n) is 12.2. The van der Waals surface area contributed by atoms with E-state index in [1.165, 1.54) is 12.5 Å². The molecule has 1 N–H and O–H groups in total. The molecule has 1 aromatic carbocycles. The third-order valence-corrected chi connectivity index (χ3v) is 2.96. The number of hydrogen-bond acceptors (Lipinski definition) is 4. The highest BCUT2D eigenvalue weighted by Gasteiger charge is 2.09. The van der Waals surface area contributed by atoms with Gasteiger partial charge >= 0.3 is 0 Å². The smallest absolute Gasteiger partial charge is 0.258 e. The first kappa shape index (κ1) is 16.0. The van der Waals surface area contributed by atoms with Gasteiger partial charge in [0, 0.05) is 0 Å². The van der Waals surface area contributed by atoms with Crippen molar-refractivity contribution in [2.24, 2.45) is 0 Å². The molecule has 1 atom stereocenters. The van der Waals surface area contributed by atoms with E-state index in [1.807, 2.05) is 19.1 Å². The molecule has 0 heterocycles. The van der Waals surface area contributed by atoms with E-state index in [0.29, 0.717) is 11.7 Å². The Morgan fingerprint density at radius 1 is 1.30 bits per heavy atom. The number of carboxylic acids is 1. The summed E-state index contributed by atoms with van der Waals surface area (Å²) in [6.07, 6.45) is 0. The molecule has 0 bridgehead atoms. The fraction of sp³-hybridized carbons (Fsp3) is 0.467. The van der Waals surface area contributed by atoms with Crippen molar-refractivity contribution in [3.05, 3.63) is 29.3 Å². The largest absolute Gasteiger partial charge is 0.548 e. The number of aliphatic carboxylic acids is 1. The number of carboxylic acid groups (broad SMARTS) is 1. The minimum absolute atomic E-state index is 0.224. The zero-order valence-corrected chi connectivity index (χ0v) is 12.2. The lowest BCUT2D eigenvalue weighted by Crippen LogP contribution is -2.47. The number of nitrogens with one attached hydrogen (secondary N) is 1. The van der Waals surface area contributed by atoms with Crippen molar-refractivity contribution < 1.29 is 19.4 Å². The van der Waals surface area contributed by atoms with Crippen LogP contribution in [0.3, 0.4) is 0 Å². The number of aryl methyl sites for hydroxylation is 1. The van der Waals surface area contributed by atoms with Gasteiger partial charge in [0.1, 0.15) is 5.75 Å². The maximum atomic E-state index is 11.5. The lowest BCUT2D eigenvalue weighted by atomic mass is 9.98. The summed E-state index contributed by atoms with van der Waals surface area (Å²) in [5.41, 5.74) is 2.33. The van der Waals surface area contributed by atoms with E-state index in [0.717, 1.165) is 5.56 Å². The van der Waals surface area contributed by atoms with E-state index in [1.54, 1.807) is 6.07 Å². The first-order valence-electron chi connectivity index (χ1n) is 6.54. The SMILES string of the molecule is Cc1cc(OCC(=O)N[C@@H](C)C(=O)[O-])ccc1C(C)C. The Kier molecular flexibility index (Phi) is 5.55. The topological polar surface area (TPSA) is 78.5 Å². The fourth-order valence-corrected chi connectivity index (χ4v) is 1.88. The molecule has 1 rings (SSSR count). The molecule has 0 unspecified atom stereocenters. The van der Waals surface area contributed by atoms with Crippen LogP contribution in [0.2, 0.25) is 0 Å². The zero-order chi connectivity index (χ0) is 15.3. The molecule has 0 aliphatic heterocycles. The summed E-state index contributed by atoms with van der Waals surface area (Å²) in [7, 11) is 0. The number of rotatable bonds is 6. The second kappa shape index (κ2) is 6.93. The van der Waals surface area contributed by atoms with Gasteiger partial charge in [-0.1, -0.05) is 19.9 Å². The van der Waals surface area contributed by atoms with Gasteiger partial charge in [0.15, 0.2) is 6.61 Å². The normalized spacial score (nSPS) is 12.1. The molecule has 1 aromatic rings. The van der Waals surface area contributed by atoms with Crippen molar-refractivity contribution in [3.8, 4) is 5.75 Å². The average Bonchev–Trinajstić information content (AvgIpc) is 2.35. The molecule has 0 aliphatic carbocycles. The second-order valence-electron chi connectivity index (χ2n) is 5.07. The molecule has 0 radical (unpaired) electrons. The van der Waals surface area contributed by atoms with Gasteiger partial charge in [0.2, 0.25) is 0 Å². The van der Waals surface area contributed by atoms with Crippen LogP contribution >= 0.6 is 0 Å². The minimum atomic E-state index is -1.32. The molecule has 1 amide bonds. The van der Waals surface area contributed by atoms with E-state index in [4.69, 9.17) is 4.74 Å². The van der Waals surface area contributed by atoms with Crippen LogP contribution in [0.4, 0.5) is 0 Å². The van der Waals surface area contributed by atoms with Crippen LogP contribution in [-0.4, -0.2) is 24.5 Å². The Morgan fingerprint density at radius 2 is 1.95 bits per heavy atom. The predicted molar refractivity (Wildman–Crippen MR) is 73.4 cm³/mol. The van der Waals surface area contributed by atoms with Gasteiger partial charge < -0.3 is 20.0 Å². The molecule has 0 aliphatic rings. The maximum absolute atomic E-state index is 11.5. The van der Waals surface area contributed by atoms with E-state index in [-0.39, 0.29) is 6.61 Å². The molecule has 5 nitrogen and oxygen atoms in total. The Morgan fingerprint density at radius 3 is 2.45 bits per heavy atom. The van der Waals surface area contributed by atoms with Crippen LogP contribution in [0.5, 0.6) is 5.75 Å². The fourth-order valence-electron chi connectivity index (χ4n) is 1.88. The van der Waals surface area contributed by atoms with Crippen LogP contribution in [0, 0.1) is 6.92 Å². The van der Waals surface area contributed by atoms with Gasteiger partial charge in [0.05, 0.1) is 12.0 Å². The highest BCUT2D eigenvalue weighted by molar-refractivity contribution is 5.83. The molecule has 0 spiro atoms. The summed E-state index contributed by atoms with van der Waals surface area (Å²) in [6.45, 7) is 7.32. The first-order chi connectivity index (χ1) is 9.31. The van der Waals surface area contributed by atoms with Crippen LogP contribution in [0.25, 0.3) is 0 Å². The lowest BCUT2D eigenvalue weighted by Gasteiger charge is -2.15. The van der Waals surface area contributed by atoms with Crippen molar-refractivity contribution in [3.63, 3.8) is 0 Å². The third-order valence-electron chi connectivity index (χ3n) is 2.96. The highest BCUT2D eigenvalue weighted by atomic mass is 16.5. The van der Waals surface area contributed by atoms with Crippen molar-refractivity contribution in [2.75, 3.05) is 6.61 Å². The summed E-state index contributed by atoms with van der Waals surface area (Å²) in [5.74, 6) is -0.804. The predicted octanol–water partition coefficient (Wildman–Crippen LogP) is 0.752. The number of carbonyl (C=O) groups is 2. The van der Waals surface area contributed by atoms with Crippen molar-refractivity contribution >= 4 is 11.9 Å². The number of carbonyl (C=O) groups excluding carboxylic acids is 2. The highest BCUT2D eigenvalue weighted by Crippen LogP contribution is 2.23. The van der Waals surface area contributed by atoms with Crippen LogP contribution in [-0.2, 0) is 9.59 Å². The summed E-state index contributed by atoms with van der Waals surface area (Å²) < 4.78 is 5.34. The van der Waals surface area contributed by atoms with E-state index < -0.39 is 17.9 Å². The second-order valence-corrected chi connectivity index (χ2v) is 5.07. The maximum Gasteiger partial charge on any atom is 0.258 e. The van der Waals surface area contributed by atoms with E-state index >= 15 is 0 Å². The average molecular weight is 278 g/mol. The quantitative estimate of drug-likeness (QED) is 0.833. The van der Waals surface area contributed by atoms with Gasteiger partial charge in [-0.05, 0) is 43.0 Å². The number of amides is 1. The van der Waals surface area contributed by atoms with E-state index in [9.17, 15) is 14.7 Å². The Balaban J connectivity index is 2.56. The molecule has 110 valence electrons. The number of hydrogen-bond donors (Lipinski definition) is 1. The molecule has 0 fully saturated rings. The van der Waals surface area contributed by atoms with Crippen LogP contribution in [0.1, 0.15) is 37.8 Å². The lowest BCUT2D eigenvalue weighted by molar-refractivity contribution is -0.307. The van der Waals surface area contributed by atoms with Crippen LogP contribution < -0.4 is 15.2 Å². The first-order valence-corrected chi connectivity index (χ1v) is 6.54. The molecule has 0 saturated heterocycles. The Hall–Kier alpha value is -2.04. The summed E-state index contributed by atoms with van der Waals surface area (Å²) in [6, 6.07) is 4.61. The molecule has 5 heteroatoms. The van der Waals surface area contributed by atoms with Gasteiger partial charge in [-0.2, -0.15) is 0 Å². The summed E-state index contributed by atoms with van der Waals surface area (Å²) >= 11 is 0. The molecule has 0 aromatic heterocycles. The number of ether oxygens (including phenoxy) is 1. The minimum Gasteiger partial charge on any atom is -0.548 e.